The Morgan fingerprint density at radius 2 is 2.04 bits per heavy atom. The lowest BCUT2D eigenvalue weighted by Gasteiger charge is -2.17. The highest BCUT2D eigenvalue weighted by molar-refractivity contribution is 6.14. The predicted molar refractivity (Wildman–Crippen MR) is 93.5 cm³/mol. The molecule has 5 rings (SSSR count). The average molecular weight is 354 g/mol. The van der Waals surface area contributed by atoms with Gasteiger partial charge in [0.15, 0.2) is 5.65 Å². The molecule has 1 saturated heterocycles. The maximum absolute atomic E-state index is 11.8. The zero-order valence-corrected chi connectivity index (χ0v) is 14.2. The molecule has 0 atom stereocenters. The van der Waals surface area contributed by atoms with Crippen LogP contribution in [0.1, 0.15) is 31.2 Å². The van der Waals surface area contributed by atoms with Gasteiger partial charge in [-0.25, -0.2) is 4.79 Å². The van der Waals surface area contributed by atoms with Gasteiger partial charge < -0.3 is 15.5 Å². The van der Waals surface area contributed by atoms with E-state index in [1.165, 1.54) is 0 Å². The van der Waals surface area contributed by atoms with E-state index in [-0.39, 0.29) is 5.70 Å². The summed E-state index contributed by atoms with van der Waals surface area (Å²) in [6.07, 6.45) is 7.70. The van der Waals surface area contributed by atoms with E-state index in [0.717, 1.165) is 25.7 Å². The normalized spacial score (nSPS) is 21.2. The van der Waals surface area contributed by atoms with E-state index in [1.54, 1.807) is 16.8 Å². The molecule has 3 amide bonds. The van der Waals surface area contributed by atoms with Crippen LogP contribution in [0.25, 0.3) is 11.7 Å². The van der Waals surface area contributed by atoms with Gasteiger partial charge in [-0.15, -0.1) is 0 Å². The molecule has 3 fully saturated rings. The molecule has 0 unspecified atom stereocenters. The third kappa shape index (κ3) is 2.63. The minimum Gasteiger partial charge on any atom is -0.351 e. The lowest BCUT2D eigenvalue weighted by molar-refractivity contribution is -0.115. The third-order valence-electron chi connectivity index (χ3n) is 4.72. The third-order valence-corrected chi connectivity index (χ3v) is 4.72. The Morgan fingerprint density at radius 1 is 1.23 bits per heavy atom. The second kappa shape index (κ2) is 5.41. The Hall–Kier alpha value is -3.17. The minimum atomic E-state index is -0.530. The molecule has 0 radical (unpaired) electrons. The molecule has 2 saturated carbocycles. The van der Waals surface area contributed by atoms with Crippen LogP contribution in [0, 0.1) is 0 Å². The van der Waals surface area contributed by atoms with E-state index in [1.807, 2.05) is 7.05 Å². The molecule has 2 aromatic rings. The summed E-state index contributed by atoms with van der Waals surface area (Å²) >= 11 is 0. The number of hydrogen-bond donors (Lipinski definition) is 3. The molecule has 1 aliphatic heterocycles. The summed E-state index contributed by atoms with van der Waals surface area (Å²) in [5.74, 6) is 0.808. The number of imide groups is 1. The smallest absolute Gasteiger partial charge is 0.326 e. The molecular weight excluding hydrogens is 336 g/mol. The summed E-state index contributed by atoms with van der Waals surface area (Å²) in [7, 11) is 1.99. The van der Waals surface area contributed by atoms with Gasteiger partial charge in [-0.05, 0) is 31.8 Å². The van der Waals surface area contributed by atoms with Crippen molar-refractivity contribution in [3.63, 3.8) is 0 Å². The van der Waals surface area contributed by atoms with Crippen LogP contribution in [0.5, 0.6) is 0 Å². The van der Waals surface area contributed by atoms with Crippen LogP contribution in [0.15, 0.2) is 11.9 Å². The van der Waals surface area contributed by atoms with Crippen LogP contribution in [0.2, 0.25) is 0 Å². The van der Waals surface area contributed by atoms with Crippen LogP contribution in [0.4, 0.5) is 16.7 Å². The quantitative estimate of drug-likeness (QED) is 0.528. The molecule has 10 nitrogen and oxygen atoms in total. The number of carbonyl (C=O) groups is 2. The van der Waals surface area contributed by atoms with E-state index in [2.05, 4.69) is 35.9 Å². The second-order valence-corrected chi connectivity index (χ2v) is 6.91. The van der Waals surface area contributed by atoms with E-state index in [4.69, 9.17) is 0 Å². The number of nitrogens with zero attached hydrogens (tertiary/aromatic N) is 5. The van der Waals surface area contributed by atoms with Crippen molar-refractivity contribution >= 4 is 35.6 Å². The van der Waals surface area contributed by atoms with Crippen LogP contribution >= 0.6 is 0 Å². The van der Waals surface area contributed by atoms with E-state index >= 15 is 0 Å². The average Bonchev–Trinajstić information content (AvgIpc) is 3.53. The first-order valence-corrected chi connectivity index (χ1v) is 8.67. The fraction of sp³-hybridized carbons (Fsp3) is 0.438. The molecular formula is C16H18N8O2. The summed E-state index contributed by atoms with van der Waals surface area (Å²) in [4.78, 5) is 34.5. The lowest BCUT2D eigenvalue weighted by atomic mass is 10.2. The molecule has 2 aliphatic carbocycles. The number of fused-ring (bicyclic) bond motifs is 1. The van der Waals surface area contributed by atoms with E-state index in [9.17, 15) is 9.59 Å². The number of anilines is 2. The van der Waals surface area contributed by atoms with Gasteiger partial charge in [-0.1, -0.05) is 0 Å². The maximum atomic E-state index is 11.8. The highest BCUT2D eigenvalue weighted by Gasteiger charge is 2.30. The molecule has 134 valence electrons. The first kappa shape index (κ1) is 15.1. The van der Waals surface area contributed by atoms with Crippen molar-refractivity contribution in [2.24, 2.45) is 0 Å². The molecule has 3 heterocycles. The number of rotatable bonds is 5. The van der Waals surface area contributed by atoms with Gasteiger partial charge in [0.1, 0.15) is 5.70 Å². The van der Waals surface area contributed by atoms with Gasteiger partial charge in [-0.2, -0.15) is 19.6 Å². The van der Waals surface area contributed by atoms with Crippen molar-refractivity contribution in [1.29, 1.82) is 0 Å². The zero-order valence-electron chi connectivity index (χ0n) is 14.2. The summed E-state index contributed by atoms with van der Waals surface area (Å²) < 4.78 is 1.64. The number of urea groups is 1. The van der Waals surface area contributed by atoms with Gasteiger partial charge in [0.2, 0.25) is 11.9 Å². The molecule has 2 aromatic heterocycles. The molecule has 26 heavy (non-hydrogen) atoms. The Morgan fingerprint density at radius 3 is 2.69 bits per heavy atom. The number of carbonyl (C=O) groups excluding carboxylic acids is 2. The Bertz CT molecular complexity index is 957. The summed E-state index contributed by atoms with van der Waals surface area (Å²) in [6.45, 7) is 0. The fourth-order valence-electron chi connectivity index (χ4n) is 2.91. The Kier molecular flexibility index (Phi) is 3.15. The molecule has 10 heteroatoms. The SMILES string of the molecule is CN(c1nc(NC2CC2)n2ncc(/C=C3\NC(=O)NC3=O)c2n1)C1CC1. The minimum absolute atomic E-state index is 0.178. The number of amides is 3. The molecule has 3 N–H and O–H groups in total. The maximum Gasteiger partial charge on any atom is 0.326 e. The Labute approximate surface area is 148 Å². The van der Waals surface area contributed by atoms with Crippen molar-refractivity contribution in [2.45, 2.75) is 37.8 Å². The molecule has 0 aromatic carbocycles. The topological polar surface area (TPSA) is 117 Å². The molecule has 0 bridgehead atoms. The Balaban J connectivity index is 1.60. The van der Waals surface area contributed by atoms with Crippen molar-refractivity contribution in [3.8, 4) is 0 Å². The molecule has 3 aliphatic rings. The lowest BCUT2D eigenvalue weighted by Crippen LogP contribution is -2.23. The summed E-state index contributed by atoms with van der Waals surface area (Å²) in [6, 6.07) is 0.353. The first-order chi connectivity index (χ1) is 12.6. The number of nitrogens with one attached hydrogen (secondary N) is 3. The standard InChI is InChI=1S/C16H18N8O2/c1-23(10-4-5-10)14-20-12-8(6-11-13(25)21-16(26)19-11)7-17-24(12)15(22-14)18-9-2-3-9/h6-7,9-10H,2-5H2,1H3,(H,18,20,22)(H2,19,21,25,26)/b11-6-. The van der Waals surface area contributed by atoms with Gasteiger partial charge in [0.05, 0.1) is 6.20 Å². The van der Waals surface area contributed by atoms with Crippen LogP contribution in [-0.2, 0) is 4.79 Å². The zero-order chi connectivity index (χ0) is 17.8. The van der Waals surface area contributed by atoms with Crippen molar-refractivity contribution < 1.29 is 9.59 Å². The van der Waals surface area contributed by atoms with Crippen LogP contribution in [-0.4, -0.2) is 50.7 Å². The van der Waals surface area contributed by atoms with Gasteiger partial charge in [-0.3, -0.25) is 10.1 Å². The second-order valence-electron chi connectivity index (χ2n) is 6.91. The van der Waals surface area contributed by atoms with Crippen LogP contribution < -0.4 is 20.9 Å². The number of aromatic nitrogens is 4. The highest BCUT2D eigenvalue weighted by atomic mass is 16.2. The first-order valence-electron chi connectivity index (χ1n) is 8.67. The van der Waals surface area contributed by atoms with Crippen molar-refractivity contribution in [2.75, 3.05) is 17.3 Å². The van der Waals surface area contributed by atoms with Crippen LogP contribution in [0.3, 0.4) is 0 Å². The van der Waals surface area contributed by atoms with E-state index in [0.29, 0.717) is 35.2 Å². The monoisotopic (exact) mass is 354 g/mol. The molecule has 0 spiro atoms. The summed E-state index contributed by atoms with van der Waals surface area (Å²) in [5.41, 5.74) is 1.41. The van der Waals surface area contributed by atoms with Gasteiger partial charge >= 0.3 is 6.03 Å². The van der Waals surface area contributed by atoms with Crippen molar-refractivity contribution in [1.82, 2.24) is 30.2 Å². The largest absolute Gasteiger partial charge is 0.351 e. The summed E-state index contributed by atoms with van der Waals surface area (Å²) in [5, 5.41) is 12.4. The fourth-order valence-corrected chi connectivity index (χ4v) is 2.91. The van der Waals surface area contributed by atoms with E-state index < -0.39 is 11.9 Å². The number of hydrogen-bond acceptors (Lipinski definition) is 7. The van der Waals surface area contributed by atoms with Gasteiger partial charge in [0, 0.05) is 24.7 Å². The van der Waals surface area contributed by atoms with Crippen molar-refractivity contribution in [3.05, 3.63) is 17.5 Å². The highest BCUT2D eigenvalue weighted by Crippen LogP contribution is 2.31. The predicted octanol–water partition coefficient (Wildman–Crippen LogP) is 0.477. The van der Waals surface area contributed by atoms with Gasteiger partial charge in [0.25, 0.3) is 5.91 Å².